The number of rotatable bonds is 2. The maximum absolute atomic E-state index is 3.57. The Balaban J connectivity index is 1.65. The van der Waals surface area contributed by atoms with Crippen LogP contribution in [-0.2, 0) is 0 Å². The van der Waals surface area contributed by atoms with Gasteiger partial charge in [0.1, 0.15) is 0 Å². The SMILES string of the molecule is [CH]1CCCC1C1CCCC1N1CCCN1. The number of hydrogen-bond donors (Lipinski definition) is 1. The van der Waals surface area contributed by atoms with Gasteiger partial charge in [-0.2, -0.15) is 0 Å². The molecule has 3 aliphatic rings. The third-order valence-electron chi connectivity index (χ3n) is 4.58. The van der Waals surface area contributed by atoms with E-state index >= 15 is 0 Å². The van der Waals surface area contributed by atoms with Crippen LogP contribution in [0.15, 0.2) is 0 Å². The number of hydrogen-bond acceptors (Lipinski definition) is 2. The van der Waals surface area contributed by atoms with Gasteiger partial charge in [0.15, 0.2) is 0 Å². The highest BCUT2D eigenvalue weighted by atomic mass is 15.5. The van der Waals surface area contributed by atoms with E-state index in [1.54, 1.807) is 0 Å². The summed E-state index contributed by atoms with van der Waals surface area (Å²) in [4.78, 5) is 0. The minimum atomic E-state index is 0.854. The van der Waals surface area contributed by atoms with Crippen molar-refractivity contribution in [2.24, 2.45) is 11.8 Å². The van der Waals surface area contributed by atoms with E-state index in [1.807, 2.05) is 0 Å². The molecule has 0 aromatic carbocycles. The average Bonchev–Trinajstić information content (AvgIpc) is 3.01. The Hall–Kier alpha value is -0.0800. The highest BCUT2D eigenvalue weighted by Crippen LogP contribution is 2.41. The summed E-state index contributed by atoms with van der Waals surface area (Å²) < 4.78 is 0. The summed E-state index contributed by atoms with van der Waals surface area (Å²) in [5.74, 6) is 1.91. The minimum Gasteiger partial charge on any atom is -0.255 e. The van der Waals surface area contributed by atoms with Crippen LogP contribution < -0.4 is 5.43 Å². The molecule has 1 aliphatic heterocycles. The first-order valence-electron chi connectivity index (χ1n) is 6.78. The van der Waals surface area contributed by atoms with Gasteiger partial charge in [-0.05, 0) is 50.4 Å². The van der Waals surface area contributed by atoms with Gasteiger partial charge in [-0.1, -0.05) is 12.8 Å². The third kappa shape index (κ3) is 1.94. The lowest BCUT2D eigenvalue weighted by Crippen LogP contribution is -2.44. The lowest BCUT2D eigenvalue weighted by molar-refractivity contribution is 0.119. The standard InChI is InChI=1S/C13H23N2/c1-2-6-11(5-1)12-7-3-8-13(12)15-10-4-9-14-15/h5,11-14H,1-4,6-10H2. The van der Waals surface area contributed by atoms with E-state index in [2.05, 4.69) is 16.9 Å². The van der Waals surface area contributed by atoms with E-state index in [0.717, 1.165) is 17.9 Å². The Bertz CT molecular complexity index is 183. The lowest BCUT2D eigenvalue weighted by Gasteiger charge is -2.32. The van der Waals surface area contributed by atoms with Gasteiger partial charge in [0.05, 0.1) is 0 Å². The van der Waals surface area contributed by atoms with Crippen LogP contribution in [0.3, 0.4) is 0 Å². The highest BCUT2D eigenvalue weighted by Gasteiger charge is 2.38. The van der Waals surface area contributed by atoms with Crippen LogP contribution in [0.4, 0.5) is 0 Å². The third-order valence-corrected chi connectivity index (χ3v) is 4.58. The predicted molar refractivity (Wildman–Crippen MR) is 62.1 cm³/mol. The molecule has 85 valence electrons. The van der Waals surface area contributed by atoms with Gasteiger partial charge in [0.2, 0.25) is 0 Å². The second kappa shape index (κ2) is 4.42. The molecule has 2 heteroatoms. The van der Waals surface area contributed by atoms with Gasteiger partial charge in [0.25, 0.3) is 0 Å². The smallest absolute Gasteiger partial charge is 0.0274 e. The van der Waals surface area contributed by atoms with Crippen molar-refractivity contribution in [3.05, 3.63) is 6.42 Å². The summed E-state index contributed by atoms with van der Waals surface area (Å²) in [6.45, 7) is 2.49. The van der Waals surface area contributed by atoms with E-state index < -0.39 is 0 Å². The maximum Gasteiger partial charge on any atom is 0.0274 e. The molecule has 2 aliphatic carbocycles. The van der Waals surface area contributed by atoms with Gasteiger partial charge in [0, 0.05) is 19.1 Å². The van der Waals surface area contributed by atoms with Crippen molar-refractivity contribution in [1.82, 2.24) is 10.4 Å². The molecule has 0 amide bonds. The second-order valence-corrected chi connectivity index (χ2v) is 5.45. The van der Waals surface area contributed by atoms with Crippen molar-refractivity contribution < 1.29 is 0 Å². The lowest BCUT2D eigenvalue weighted by atomic mass is 9.86. The number of nitrogens with zero attached hydrogens (tertiary/aromatic N) is 1. The van der Waals surface area contributed by atoms with Crippen molar-refractivity contribution in [2.45, 2.75) is 51.0 Å². The Morgan fingerprint density at radius 1 is 1.07 bits per heavy atom. The van der Waals surface area contributed by atoms with Crippen LogP contribution in [0.5, 0.6) is 0 Å². The van der Waals surface area contributed by atoms with E-state index in [-0.39, 0.29) is 0 Å². The zero-order valence-corrected chi connectivity index (χ0v) is 9.62. The molecule has 15 heavy (non-hydrogen) atoms. The fraction of sp³-hybridized carbons (Fsp3) is 0.923. The monoisotopic (exact) mass is 207 g/mol. The summed E-state index contributed by atoms with van der Waals surface area (Å²) in [5.41, 5.74) is 3.57. The first-order chi connectivity index (χ1) is 7.45. The van der Waals surface area contributed by atoms with E-state index in [9.17, 15) is 0 Å². The number of hydrazine groups is 1. The van der Waals surface area contributed by atoms with Crippen LogP contribution >= 0.6 is 0 Å². The molecule has 3 unspecified atom stereocenters. The van der Waals surface area contributed by atoms with Crippen LogP contribution in [0.25, 0.3) is 0 Å². The maximum atomic E-state index is 3.57. The van der Waals surface area contributed by atoms with E-state index in [4.69, 9.17) is 0 Å². The Morgan fingerprint density at radius 3 is 2.80 bits per heavy atom. The van der Waals surface area contributed by atoms with Crippen LogP contribution in [0.2, 0.25) is 0 Å². The molecular weight excluding hydrogens is 184 g/mol. The molecule has 3 rings (SSSR count). The second-order valence-electron chi connectivity index (χ2n) is 5.45. The van der Waals surface area contributed by atoms with Gasteiger partial charge in [-0.3, -0.25) is 5.43 Å². The molecule has 2 saturated carbocycles. The number of nitrogens with one attached hydrogen (secondary N) is 1. The summed E-state index contributed by atoms with van der Waals surface area (Å²) >= 11 is 0. The van der Waals surface area contributed by atoms with Crippen LogP contribution in [0.1, 0.15) is 44.9 Å². The van der Waals surface area contributed by atoms with Crippen molar-refractivity contribution in [3.63, 3.8) is 0 Å². The molecule has 1 radical (unpaired) electrons. The Morgan fingerprint density at radius 2 is 2.07 bits per heavy atom. The van der Waals surface area contributed by atoms with Gasteiger partial charge in [-0.15, -0.1) is 0 Å². The van der Waals surface area contributed by atoms with Crippen LogP contribution in [-0.4, -0.2) is 24.1 Å². The summed E-state index contributed by atoms with van der Waals surface area (Å²) in [6, 6.07) is 0.854. The summed E-state index contributed by atoms with van der Waals surface area (Å²) in [6.07, 6.45) is 12.6. The van der Waals surface area contributed by atoms with Crippen molar-refractivity contribution in [3.8, 4) is 0 Å². The molecular formula is C13H23N2. The molecule has 1 heterocycles. The van der Waals surface area contributed by atoms with Gasteiger partial charge < -0.3 is 0 Å². The summed E-state index contributed by atoms with van der Waals surface area (Å²) in [5, 5.41) is 2.56. The first-order valence-corrected chi connectivity index (χ1v) is 6.78. The molecule has 1 saturated heterocycles. The highest BCUT2D eigenvalue weighted by molar-refractivity contribution is 4.96. The minimum absolute atomic E-state index is 0.854. The van der Waals surface area contributed by atoms with Crippen molar-refractivity contribution >= 4 is 0 Å². The predicted octanol–water partition coefficient (Wildman–Crippen LogP) is 2.37. The molecule has 3 fully saturated rings. The quantitative estimate of drug-likeness (QED) is 0.748. The zero-order chi connectivity index (χ0) is 10.1. The summed E-state index contributed by atoms with van der Waals surface area (Å²) in [7, 11) is 0. The molecule has 2 nitrogen and oxygen atoms in total. The fourth-order valence-corrected chi connectivity index (χ4v) is 3.88. The van der Waals surface area contributed by atoms with Gasteiger partial charge in [-0.25, -0.2) is 5.01 Å². The molecule has 3 atom stereocenters. The molecule has 0 aromatic heterocycles. The Kier molecular flexibility index (Phi) is 2.98. The largest absolute Gasteiger partial charge is 0.255 e. The van der Waals surface area contributed by atoms with Gasteiger partial charge >= 0.3 is 0 Å². The first kappa shape index (κ1) is 10.1. The molecule has 0 bridgehead atoms. The van der Waals surface area contributed by atoms with E-state index in [0.29, 0.717) is 0 Å². The van der Waals surface area contributed by atoms with Crippen molar-refractivity contribution in [2.75, 3.05) is 13.1 Å². The Labute approximate surface area is 93.4 Å². The average molecular weight is 207 g/mol. The van der Waals surface area contributed by atoms with Crippen molar-refractivity contribution in [1.29, 1.82) is 0 Å². The molecule has 0 aromatic rings. The molecule has 1 N–H and O–H groups in total. The molecule has 0 spiro atoms. The van der Waals surface area contributed by atoms with Crippen LogP contribution in [0, 0.1) is 18.3 Å². The fourth-order valence-electron chi connectivity index (χ4n) is 3.88. The normalized spacial score (nSPS) is 39.2. The zero-order valence-electron chi connectivity index (χ0n) is 9.62. The van der Waals surface area contributed by atoms with E-state index in [1.165, 1.54) is 58.0 Å². The topological polar surface area (TPSA) is 15.3 Å².